The molecule has 0 saturated carbocycles. The number of carbonyl (C=O) groups is 1. The van der Waals surface area contributed by atoms with Crippen LogP contribution < -0.4 is 4.72 Å². The standard InChI is InChI=1S/C9H19NO5S2/c1-7(8(6-11)16-2)10-17(14,15)5-3-4-9(12)13/h7-8,10-11H,3-6H2,1-2H3,(H,12,13). The summed E-state index contributed by atoms with van der Waals surface area (Å²) in [5, 5.41) is 17.2. The predicted molar refractivity (Wildman–Crippen MR) is 67.6 cm³/mol. The molecule has 0 aromatic heterocycles. The fourth-order valence-electron chi connectivity index (χ4n) is 1.27. The van der Waals surface area contributed by atoms with Crippen LogP contribution in [0.15, 0.2) is 0 Å². The second-order valence-corrected chi connectivity index (χ2v) is 6.63. The molecule has 0 radical (unpaired) electrons. The lowest BCUT2D eigenvalue weighted by Gasteiger charge is -2.21. The lowest BCUT2D eigenvalue weighted by atomic mass is 10.3. The summed E-state index contributed by atoms with van der Waals surface area (Å²) in [7, 11) is -3.48. The number of aliphatic carboxylic acids is 1. The van der Waals surface area contributed by atoms with Gasteiger partial charge >= 0.3 is 5.97 Å². The number of aliphatic hydroxyl groups is 1. The van der Waals surface area contributed by atoms with Crippen molar-refractivity contribution in [1.29, 1.82) is 0 Å². The summed E-state index contributed by atoms with van der Waals surface area (Å²) in [6, 6.07) is -0.384. The van der Waals surface area contributed by atoms with Gasteiger partial charge < -0.3 is 10.2 Å². The summed E-state index contributed by atoms with van der Waals surface area (Å²) < 4.78 is 25.6. The van der Waals surface area contributed by atoms with Crippen molar-refractivity contribution in [3.8, 4) is 0 Å². The Morgan fingerprint density at radius 3 is 2.47 bits per heavy atom. The van der Waals surface area contributed by atoms with Crippen molar-refractivity contribution in [2.24, 2.45) is 0 Å². The highest BCUT2D eigenvalue weighted by Crippen LogP contribution is 2.11. The molecule has 0 heterocycles. The van der Waals surface area contributed by atoms with Crippen LogP contribution in [0.3, 0.4) is 0 Å². The van der Waals surface area contributed by atoms with Crippen LogP contribution in [-0.2, 0) is 14.8 Å². The topological polar surface area (TPSA) is 104 Å². The average molecular weight is 285 g/mol. The molecular formula is C9H19NO5S2. The SMILES string of the molecule is CSC(CO)C(C)NS(=O)(=O)CCCC(=O)O. The Hall–Kier alpha value is -0.310. The van der Waals surface area contributed by atoms with E-state index in [0.717, 1.165) is 0 Å². The van der Waals surface area contributed by atoms with Crippen LogP contribution in [-0.4, -0.2) is 54.5 Å². The third-order valence-corrected chi connectivity index (χ3v) is 4.93. The van der Waals surface area contributed by atoms with Gasteiger partial charge in [-0.15, -0.1) is 0 Å². The van der Waals surface area contributed by atoms with Gasteiger partial charge in [0.1, 0.15) is 0 Å². The normalized spacial score (nSPS) is 15.5. The van der Waals surface area contributed by atoms with Gasteiger partial charge in [-0.3, -0.25) is 4.79 Å². The Balaban J connectivity index is 4.20. The van der Waals surface area contributed by atoms with Gasteiger partial charge in [0.25, 0.3) is 0 Å². The molecule has 0 amide bonds. The van der Waals surface area contributed by atoms with Crippen LogP contribution >= 0.6 is 11.8 Å². The van der Waals surface area contributed by atoms with E-state index in [4.69, 9.17) is 10.2 Å². The van der Waals surface area contributed by atoms with Crippen molar-refractivity contribution < 1.29 is 23.4 Å². The summed E-state index contributed by atoms with van der Waals surface area (Å²) in [6.07, 6.45) is 1.71. The zero-order valence-corrected chi connectivity index (χ0v) is 11.6. The Labute approximate surface area is 106 Å². The molecule has 0 aliphatic carbocycles. The first kappa shape index (κ1) is 16.7. The molecule has 2 unspecified atom stereocenters. The van der Waals surface area contributed by atoms with Gasteiger partial charge in [-0.1, -0.05) is 0 Å². The lowest BCUT2D eigenvalue weighted by molar-refractivity contribution is -0.137. The summed E-state index contributed by atoms with van der Waals surface area (Å²) in [6.45, 7) is 1.56. The van der Waals surface area contributed by atoms with Crippen molar-refractivity contribution in [2.75, 3.05) is 18.6 Å². The van der Waals surface area contributed by atoms with E-state index in [2.05, 4.69) is 4.72 Å². The molecule has 0 aliphatic rings. The molecule has 6 nitrogen and oxygen atoms in total. The van der Waals surface area contributed by atoms with Crippen LogP contribution in [0.5, 0.6) is 0 Å². The van der Waals surface area contributed by atoms with Gasteiger partial charge in [-0.25, -0.2) is 13.1 Å². The minimum absolute atomic E-state index is 0.0838. The van der Waals surface area contributed by atoms with Crippen molar-refractivity contribution in [1.82, 2.24) is 4.72 Å². The summed E-state index contributed by atoms with van der Waals surface area (Å²) in [4.78, 5) is 10.3. The minimum atomic E-state index is -3.48. The highest BCUT2D eigenvalue weighted by atomic mass is 32.2. The monoisotopic (exact) mass is 285 g/mol. The quantitative estimate of drug-likeness (QED) is 0.546. The van der Waals surface area contributed by atoms with E-state index >= 15 is 0 Å². The van der Waals surface area contributed by atoms with Gasteiger partial charge in [0.2, 0.25) is 10.0 Å². The summed E-state index contributed by atoms with van der Waals surface area (Å²) in [5.41, 5.74) is 0. The van der Waals surface area contributed by atoms with Gasteiger partial charge in [0.15, 0.2) is 0 Å². The number of sulfonamides is 1. The molecule has 0 aromatic carbocycles. The fourth-order valence-corrected chi connectivity index (χ4v) is 3.35. The number of nitrogens with one attached hydrogen (secondary N) is 1. The Bertz CT molecular complexity index is 326. The molecule has 102 valence electrons. The maximum Gasteiger partial charge on any atom is 0.303 e. The van der Waals surface area contributed by atoms with Crippen molar-refractivity contribution in [2.45, 2.75) is 31.1 Å². The largest absolute Gasteiger partial charge is 0.481 e. The number of carboxylic acids is 1. The fraction of sp³-hybridized carbons (Fsp3) is 0.889. The van der Waals surface area contributed by atoms with E-state index in [1.807, 2.05) is 0 Å². The molecule has 0 spiro atoms. The van der Waals surface area contributed by atoms with Crippen LogP contribution in [0.25, 0.3) is 0 Å². The Kier molecular flexibility index (Phi) is 7.77. The molecule has 0 aliphatic heterocycles. The molecule has 8 heteroatoms. The van der Waals surface area contributed by atoms with Crippen molar-refractivity contribution in [3.05, 3.63) is 0 Å². The maximum absolute atomic E-state index is 11.6. The van der Waals surface area contributed by atoms with E-state index in [9.17, 15) is 13.2 Å². The van der Waals surface area contributed by atoms with Crippen molar-refractivity contribution in [3.63, 3.8) is 0 Å². The second kappa shape index (κ2) is 7.91. The Morgan fingerprint density at radius 1 is 1.47 bits per heavy atom. The first-order valence-electron chi connectivity index (χ1n) is 5.18. The average Bonchev–Trinajstić information content (AvgIpc) is 2.17. The van der Waals surface area contributed by atoms with E-state index in [-0.39, 0.29) is 36.5 Å². The summed E-state index contributed by atoms with van der Waals surface area (Å²) in [5.74, 6) is -1.22. The number of hydrogen-bond donors (Lipinski definition) is 3. The molecule has 2 atom stereocenters. The van der Waals surface area contributed by atoms with E-state index in [0.29, 0.717) is 0 Å². The first-order chi connectivity index (χ1) is 7.82. The predicted octanol–water partition coefficient (Wildman–Crippen LogP) is -0.117. The number of thioether (sulfide) groups is 1. The first-order valence-corrected chi connectivity index (χ1v) is 8.12. The highest BCUT2D eigenvalue weighted by Gasteiger charge is 2.21. The second-order valence-electron chi connectivity index (χ2n) is 3.68. The number of hydrogen-bond acceptors (Lipinski definition) is 5. The molecule has 0 fully saturated rings. The van der Waals surface area contributed by atoms with Crippen LogP contribution in [0.4, 0.5) is 0 Å². The minimum Gasteiger partial charge on any atom is -0.481 e. The van der Waals surface area contributed by atoms with Gasteiger partial charge in [-0.05, 0) is 19.6 Å². The van der Waals surface area contributed by atoms with E-state index < -0.39 is 16.0 Å². The van der Waals surface area contributed by atoms with E-state index in [1.165, 1.54) is 11.8 Å². The molecule has 3 N–H and O–H groups in total. The molecule has 0 aromatic rings. The van der Waals surface area contributed by atoms with Crippen LogP contribution in [0.2, 0.25) is 0 Å². The number of aliphatic hydroxyl groups excluding tert-OH is 1. The third-order valence-electron chi connectivity index (χ3n) is 2.21. The zero-order chi connectivity index (χ0) is 13.5. The van der Waals surface area contributed by atoms with E-state index in [1.54, 1.807) is 13.2 Å². The molecule has 17 heavy (non-hydrogen) atoms. The van der Waals surface area contributed by atoms with Gasteiger partial charge in [-0.2, -0.15) is 11.8 Å². The molecule has 0 saturated heterocycles. The third kappa shape index (κ3) is 7.58. The molecule has 0 bridgehead atoms. The van der Waals surface area contributed by atoms with Gasteiger partial charge in [0.05, 0.1) is 12.4 Å². The highest BCUT2D eigenvalue weighted by molar-refractivity contribution is 7.99. The van der Waals surface area contributed by atoms with Gasteiger partial charge in [0, 0.05) is 17.7 Å². The van der Waals surface area contributed by atoms with Crippen molar-refractivity contribution >= 4 is 27.8 Å². The molecule has 0 rings (SSSR count). The van der Waals surface area contributed by atoms with Crippen LogP contribution in [0, 0.1) is 0 Å². The van der Waals surface area contributed by atoms with Crippen LogP contribution in [0.1, 0.15) is 19.8 Å². The lowest BCUT2D eigenvalue weighted by Crippen LogP contribution is -2.42. The smallest absolute Gasteiger partial charge is 0.303 e. The Morgan fingerprint density at radius 2 is 2.06 bits per heavy atom. The maximum atomic E-state index is 11.6. The summed E-state index contributed by atoms with van der Waals surface area (Å²) >= 11 is 1.38. The zero-order valence-electron chi connectivity index (χ0n) is 9.92. The number of carboxylic acid groups (broad SMARTS) is 1. The molecular weight excluding hydrogens is 266 g/mol. The number of rotatable bonds is 9.